The Labute approximate surface area is 117 Å². The Balaban J connectivity index is 2.32. The first-order chi connectivity index (χ1) is 9.17. The zero-order valence-electron chi connectivity index (χ0n) is 11.2. The lowest BCUT2D eigenvalue weighted by Crippen LogP contribution is -2.49. The molecule has 1 aromatic rings. The van der Waals surface area contributed by atoms with Gasteiger partial charge in [-0.25, -0.2) is 4.39 Å². The fourth-order valence-corrected chi connectivity index (χ4v) is 3.68. The molecular formula is C13H20FN3OS. The second kappa shape index (κ2) is 6.56. The summed E-state index contributed by atoms with van der Waals surface area (Å²) in [7, 11) is 3.66. The minimum Gasteiger partial charge on any atom is -0.496 e. The average Bonchev–Trinajstić information content (AvgIpc) is 2.42. The molecule has 106 valence electrons. The van der Waals surface area contributed by atoms with Crippen LogP contribution in [-0.4, -0.2) is 43.1 Å². The lowest BCUT2D eigenvalue weighted by atomic mass is 9.98. The van der Waals surface area contributed by atoms with E-state index in [4.69, 9.17) is 10.6 Å². The monoisotopic (exact) mass is 285 g/mol. The number of nitrogens with one attached hydrogen (secondary N) is 1. The van der Waals surface area contributed by atoms with Gasteiger partial charge in [0.1, 0.15) is 11.6 Å². The third-order valence-electron chi connectivity index (χ3n) is 3.53. The van der Waals surface area contributed by atoms with Gasteiger partial charge in [-0.05, 0) is 25.2 Å². The van der Waals surface area contributed by atoms with E-state index in [1.165, 1.54) is 12.1 Å². The van der Waals surface area contributed by atoms with Crippen LogP contribution < -0.4 is 16.0 Å². The molecule has 19 heavy (non-hydrogen) atoms. The molecule has 6 heteroatoms. The van der Waals surface area contributed by atoms with Crippen LogP contribution in [0.5, 0.6) is 5.75 Å². The van der Waals surface area contributed by atoms with Crippen LogP contribution >= 0.6 is 11.8 Å². The zero-order valence-corrected chi connectivity index (χ0v) is 12.0. The zero-order chi connectivity index (χ0) is 13.8. The number of halogens is 1. The highest BCUT2D eigenvalue weighted by Crippen LogP contribution is 2.32. The highest BCUT2D eigenvalue weighted by atomic mass is 32.2. The lowest BCUT2D eigenvalue weighted by Gasteiger charge is -2.38. The maximum Gasteiger partial charge on any atom is 0.123 e. The van der Waals surface area contributed by atoms with Crippen LogP contribution in [0, 0.1) is 5.82 Å². The Morgan fingerprint density at radius 3 is 3.00 bits per heavy atom. The van der Waals surface area contributed by atoms with Crippen LogP contribution in [0.1, 0.15) is 11.6 Å². The Hall–Kier alpha value is -0.820. The van der Waals surface area contributed by atoms with Crippen LogP contribution in [0.25, 0.3) is 0 Å². The van der Waals surface area contributed by atoms with E-state index in [1.807, 2.05) is 11.8 Å². The summed E-state index contributed by atoms with van der Waals surface area (Å²) in [6, 6.07) is 4.61. The molecule has 0 aromatic heterocycles. The summed E-state index contributed by atoms with van der Waals surface area (Å²) in [6.07, 6.45) is 0. The smallest absolute Gasteiger partial charge is 0.123 e. The van der Waals surface area contributed by atoms with Gasteiger partial charge in [0.2, 0.25) is 0 Å². The van der Waals surface area contributed by atoms with Gasteiger partial charge in [0.25, 0.3) is 0 Å². The molecular weight excluding hydrogens is 265 g/mol. The molecule has 2 atom stereocenters. The Morgan fingerprint density at radius 1 is 1.58 bits per heavy atom. The van der Waals surface area contributed by atoms with Crippen molar-refractivity contribution in [3.05, 3.63) is 29.6 Å². The van der Waals surface area contributed by atoms with E-state index in [-0.39, 0.29) is 17.9 Å². The molecule has 2 unspecified atom stereocenters. The number of rotatable bonds is 4. The highest BCUT2D eigenvalue weighted by molar-refractivity contribution is 7.99. The van der Waals surface area contributed by atoms with Crippen molar-refractivity contribution in [3.8, 4) is 5.75 Å². The molecule has 0 saturated carbocycles. The van der Waals surface area contributed by atoms with E-state index in [2.05, 4.69) is 17.4 Å². The lowest BCUT2D eigenvalue weighted by molar-refractivity contribution is 0.213. The number of hydrazine groups is 1. The van der Waals surface area contributed by atoms with Gasteiger partial charge < -0.3 is 4.74 Å². The molecule has 0 aliphatic carbocycles. The summed E-state index contributed by atoms with van der Waals surface area (Å²) in [5.41, 5.74) is 3.59. The normalized spacial score (nSPS) is 22.2. The molecule has 4 nitrogen and oxygen atoms in total. The fraction of sp³-hybridized carbons (Fsp3) is 0.538. The Morgan fingerprint density at radius 2 is 2.37 bits per heavy atom. The van der Waals surface area contributed by atoms with Gasteiger partial charge in [-0.2, -0.15) is 11.8 Å². The first-order valence-electron chi connectivity index (χ1n) is 6.25. The maximum atomic E-state index is 13.5. The topological polar surface area (TPSA) is 50.5 Å². The van der Waals surface area contributed by atoms with Crippen LogP contribution in [0.4, 0.5) is 4.39 Å². The van der Waals surface area contributed by atoms with Crippen molar-refractivity contribution < 1.29 is 9.13 Å². The molecule has 0 amide bonds. The first-order valence-corrected chi connectivity index (χ1v) is 7.40. The van der Waals surface area contributed by atoms with Crippen LogP contribution in [0.15, 0.2) is 18.2 Å². The first kappa shape index (κ1) is 14.6. The molecule has 0 radical (unpaired) electrons. The Bertz CT molecular complexity index is 432. The quantitative estimate of drug-likeness (QED) is 0.647. The molecule has 2 rings (SSSR count). The molecule has 1 saturated heterocycles. The molecule has 3 N–H and O–H groups in total. The average molecular weight is 285 g/mol. The number of nitrogens with two attached hydrogens (primary N) is 1. The molecule has 0 bridgehead atoms. The Kier molecular flexibility index (Phi) is 5.04. The molecule has 1 aliphatic heterocycles. The van der Waals surface area contributed by atoms with Crippen molar-refractivity contribution in [3.63, 3.8) is 0 Å². The predicted octanol–water partition coefficient (Wildman–Crippen LogP) is 1.39. The van der Waals surface area contributed by atoms with Crippen molar-refractivity contribution in [1.82, 2.24) is 10.3 Å². The third kappa shape index (κ3) is 3.20. The van der Waals surface area contributed by atoms with Crippen molar-refractivity contribution in [1.29, 1.82) is 0 Å². The minimum atomic E-state index is -0.276. The largest absolute Gasteiger partial charge is 0.496 e. The summed E-state index contributed by atoms with van der Waals surface area (Å²) in [4.78, 5) is 2.26. The molecule has 1 fully saturated rings. The van der Waals surface area contributed by atoms with Gasteiger partial charge in [0.05, 0.1) is 13.2 Å². The number of benzene rings is 1. The number of likely N-dealkylation sites (N-methyl/N-ethyl adjacent to an activating group) is 1. The number of hydrogen-bond donors (Lipinski definition) is 2. The van der Waals surface area contributed by atoms with E-state index in [9.17, 15) is 4.39 Å². The highest BCUT2D eigenvalue weighted by Gasteiger charge is 2.30. The van der Waals surface area contributed by atoms with Gasteiger partial charge in [0, 0.05) is 29.7 Å². The third-order valence-corrected chi connectivity index (χ3v) is 4.58. The molecule has 0 spiro atoms. The van der Waals surface area contributed by atoms with Crippen molar-refractivity contribution in [2.24, 2.45) is 5.84 Å². The van der Waals surface area contributed by atoms with Gasteiger partial charge in [-0.1, -0.05) is 0 Å². The van der Waals surface area contributed by atoms with E-state index in [0.29, 0.717) is 5.75 Å². The van der Waals surface area contributed by atoms with Gasteiger partial charge in [-0.3, -0.25) is 16.2 Å². The van der Waals surface area contributed by atoms with Crippen LogP contribution in [0.2, 0.25) is 0 Å². The molecule has 1 aliphatic rings. The van der Waals surface area contributed by atoms with Gasteiger partial charge in [0.15, 0.2) is 0 Å². The van der Waals surface area contributed by atoms with Crippen LogP contribution in [-0.2, 0) is 0 Å². The van der Waals surface area contributed by atoms with Crippen LogP contribution in [0.3, 0.4) is 0 Å². The summed E-state index contributed by atoms with van der Waals surface area (Å²) in [6.45, 7) is 1.01. The summed E-state index contributed by atoms with van der Waals surface area (Å²) >= 11 is 1.89. The second-order valence-corrected chi connectivity index (χ2v) is 5.80. The van der Waals surface area contributed by atoms with E-state index < -0.39 is 0 Å². The summed E-state index contributed by atoms with van der Waals surface area (Å²) < 4.78 is 18.8. The number of methoxy groups -OCH3 is 1. The van der Waals surface area contributed by atoms with Gasteiger partial charge in [-0.15, -0.1) is 0 Å². The number of thioether (sulfide) groups is 1. The SMILES string of the molecule is COc1ccc(F)cc1C(NN)C1CSCCN1C. The number of hydrogen-bond acceptors (Lipinski definition) is 5. The number of ether oxygens (including phenoxy) is 1. The van der Waals surface area contributed by atoms with E-state index in [1.54, 1.807) is 13.2 Å². The minimum absolute atomic E-state index is 0.150. The molecule has 1 heterocycles. The summed E-state index contributed by atoms with van der Waals surface area (Å²) in [5.74, 6) is 8.17. The molecule has 1 aromatic carbocycles. The summed E-state index contributed by atoms with van der Waals surface area (Å²) in [5, 5.41) is 0. The second-order valence-electron chi connectivity index (χ2n) is 4.65. The standard InChI is InChI=1S/C13H20FN3OS/c1-17-5-6-19-8-11(17)13(16-15)10-7-9(14)3-4-12(10)18-2/h3-4,7,11,13,16H,5-6,8,15H2,1-2H3. The fourth-order valence-electron chi connectivity index (χ4n) is 2.41. The van der Waals surface area contributed by atoms with Crippen molar-refractivity contribution in [2.75, 3.05) is 32.2 Å². The van der Waals surface area contributed by atoms with E-state index >= 15 is 0 Å². The maximum absolute atomic E-state index is 13.5. The van der Waals surface area contributed by atoms with E-state index in [0.717, 1.165) is 23.6 Å². The van der Waals surface area contributed by atoms with Crippen molar-refractivity contribution >= 4 is 11.8 Å². The predicted molar refractivity (Wildman–Crippen MR) is 76.8 cm³/mol. The van der Waals surface area contributed by atoms with Gasteiger partial charge >= 0.3 is 0 Å². The number of nitrogens with zero attached hydrogens (tertiary/aromatic N) is 1. The van der Waals surface area contributed by atoms with Crippen molar-refractivity contribution in [2.45, 2.75) is 12.1 Å².